The number of sulfonamides is 1. The molecule has 2 heterocycles. The van der Waals surface area contributed by atoms with Crippen LogP contribution in [0.2, 0.25) is 0 Å². The summed E-state index contributed by atoms with van der Waals surface area (Å²) in [6.45, 7) is 1.87. The van der Waals surface area contributed by atoms with E-state index >= 15 is 0 Å². The number of hydrogen-bond acceptors (Lipinski definition) is 5. The molecule has 2 aromatic heterocycles. The first-order valence-electron chi connectivity index (χ1n) is 12.7. The van der Waals surface area contributed by atoms with Crippen molar-refractivity contribution in [2.75, 3.05) is 0 Å². The summed E-state index contributed by atoms with van der Waals surface area (Å²) < 4.78 is 42.2. The van der Waals surface area contributed by atoms with E-state index in [1.54, 1.807) is 42.7 Å². The largest absolute Gasteiger partial charge is 0.349 e. The molecular weight excluding hydrogens is 503 g/mol. The summed E-state index contributed by atoms with van der Waals surface area (Å²) >= 11 is 0. The zero-order valence-electron chi connectivity index (χ0n) is 21.0. The van der Waals surface area contributed by atoms with Crippen molar-refractivity contribution in [1.82, 2.24) is 20.0 Å². The quantitative estimate of drug-likeness (QED) is 0.343. The third-order valence-electron chi connectivity index (χ3n) is 7.10. The van der Waals surface area contributed by atoms with Crippen molar-refractivity contribution in [1.29, 1.82) is 0 Å². The lowest BCUT2D eigenvalue weighted by atomic mass is 9.85. The van der Waals surface area contributed by atoms with Crippen molar-refractivity contribution in [3.05, 3.63) is 90.5 Å². The van der Waals surface area contributed by atoms with Crippen LogP contribution in [0.4, 0.5) is 4.39 Å². The van der Waals surface area contributed by atoms with Crippen LogP contribution in [0, 0.1) is 11.7 Å². The first-order chi connectivity index (χ1) is 18.3. The Balaban J connectivity index is 1.19. The molecule has 0 bridgehead atoms. The number of pyridine rings is 2. The van der Waals surface area contributed by atoms with Gasteiger partial charge >= 0.3 is 0 Å². The summed E-state index contributed by atoms with van der Waals surface area (Å²) in [7, 11) is -3.73. The van der Waals surface area contributed by atoms with Gasteiger partial charge in [0.25, 0.3) is 0 Å². The summed E-state index contributed by atoms with van der Waals surface area (Å²) in [4.78, 5) is 21.6. The van der Waals surface area contributed by atoms with E-state index in [0.29, 0.717) is 31.2 Å². The number of hydrogen-bond donors (Lipinski definition) is 2. The molecule has 1 saturated carbocycles. The number of amides is 1. The Kier molecular flexibility index (Phi) is 7.49. The van der Waals surface area contributed by atoms with Gasteiger partial charge in [-0.05, 0) is 86.7 Å². The van der Waals surface area contributed by atoms with Crippen LogP contribution in [0.15, 0.2) is 84.0 Å². The van der Waals surface area contributed by atoms with Crippen LogP contribution in [0.25, 0.3) is 22.2 Å². The molecule has 38 heavy (non-hydrogen) atoms. The maximum Gasteiger partial charge on any atom is 0.240 e. The maximum atomic E-state index is 13.2. The predicted molar refractivity (Wildman–Crippen MR) is 144 cm³/mol. The third kappa shape index (κ3) is 5.89. The van der Waals surface area contributed by atoms with Crippen LogP contribution < -0.4 is 10.0 Å². The number of nitrogens with one attached hydrogen (secondary N) is 2. The fourth-order valence-electron chi connectivity index (χ4n) is 4.88. The minimum absolute atomic E-state index is 0.0590. The minimum atomic E-state index is -3.73. The number of carbonyl (C=O) groups is 1. The average molecular weight is 533 g/mol. The SMILES string of the molecule is C[C@@H](NC(=O)[C@H]1CC[C@H](NS(=O)(=O)c2ccc3nc(-c4ccncc4)ccc3c2)CC1)c1ccc(F)cc1. The van der Waals surface area contributed by atoms with Crippen molar-refractivity contribution in [3.8, 4) is 11.3 Å². The van der Waals surface area contributed by atoms with Crippen molar-refractivity contribution >= 4 is 26.8 Å². The fourth-order valence-corrected chi connectivity index (χ4v) is 6.22. The molecule has 1 aliphatic rings. The highest BCUT2D eigenvalue weighted by Crippen LogP contribution is 2.28. The van der Waals surface area contributed by atoms with Gasteiger partial charge in [0.15, 0.2) is 0 Å². The zero-order chi connectivity index (χ0) is 26.7. The van der Waals surface area contributed by atoms with E-state index in [1.165, 1.54) is 12.1 Å². The Bertz CT molecular complexity index is 1540. The Morgan fingerprint density at radius 1 is 0.947 bits per heavy atom. The molecule has 1 atom stereocenters. The van der Waals surface area contributed by atoms with E-state index in [0.717, 1.165) is 22.2 Å². The lowest BCUT2D eigenvalue weighted by Crippen LogP contribution is -2.41. The highest BCUT2D eigenvalue weighted by molar-refractivity contribution is 7.89. The molecule has 4 aromatic rings. The number of nitrogens with zero attached hydrogens (tertiary/aromatic N) is 2. The van der Waals surface area contributed by atoms with E-state index in [9.17, 15) is 17.6 Å². The summed E-state index contributed by atoms with van der Waals surface area (Å²) in [5.74, 6) is -0.556. The van der Waals surface area contributed by atoms with Crippen LogP contribution in [0.1, 0.15) is 44.2 Å². The molecule has 2 N–H and O–H groups in total. The molecule has 1 fully saturated rings. The second-order valence-corrected chi connectivity index (χ2v) is 11.5. The van der Waals surface area contributed by atoms with Gasteiger partial charge in [0.2, 0.25) is 15.9 Å². The molecule has 2 aromatic carbocycles. The molecule has 0 unspecified atom stereocenters. The summed E-state index contributed by atoms with van der Waals surface area (Å²) in [6.07, 6.45) is 5.75. The second-order valence-electron chi connectivity index (χ2n) is 9.74. The second kappa shape index (κ2) is 11.0. The van der Waals surface area contributed by atoms with E-state index in [1.807, 2.05) is 31.2 Å². The van der Waals surface area contributed by atoms with Crippen molar-refractivity contribution < 1.29 is 17.6 Å². The van der Waals surface area contributed by atoms with Gasteiger partial charge in [0, 0.05) is 35.3 Å². The molecule has 1 amide bonds. The van der Waals surface area contributed by atoms with Crippen molar-refractivity contribution in [2.45, 2.75) is 49.6 Å². The number of benzene rings is 2. The van der Waals surface area contributed by atoms with Crippen LogP contribution in [0.3, 0.4) is 0 Å². The Morgan fingerprint density at radius 3 is 2.37 bits per heavy atom. The summed E-state index contributed by atoms with van der Waals surface area (Å²) in [6, 6.07) is 18.0. The number of halogens is 1. The smallest absolute Gasteiger partial charge is 0.240 e. The lowest BCUT2D eigenvalue weighted by Gasteiger charge is -2.29. The van der Waals surface area contributed by atoms with Crippen LogP contribution in [-0.2, 0) is 14.8 Å². The molecule has 9 heteroatoms. The molecular formula is C29H29FN4O3S. The van der Waals surface area contributed by atoms with Gasteiger partial charge in [-0.25, -0.2) is 22.5 Å². The standard InChI is InChI=1S/C29H29FN4O3S/c1-19(20-2-7-24(30)8-3-20)32-29(35)22-4-9-25(10-5-22)34-38(36,37)26-11-13-28-23(18-26)6-12-27(33-28)21-14-16-31-17-15-21/h2-3,6-8,11-19,22,25,34H,4-5,9-10H2,1H3,(H,32,35)/t19-,22-,25-/m1/s1. The first-order valence-corrected chi connectivity index (χ1v) is 14.2. The van der Waals surface area contributed by atoms with Gasteiger partial charge in [-0.15, -0.1) is 0 Å². The number of carbonyl (C=O) groups excluding carboxylic acids is 1. The summed E-state index contributed by atoms with van der Waals surface area (Å²) in [5.41, 5.74) is 3.27. The molecule has 0 saturated heterocycles. The number of fused-ring (bicyclic) bond motifs is 1. The number of rotatable bonds is 7. The van der Waals surface area contributed by atoms with Crippen molar-refractivity contribution in [3.63, 3.8) is 0 Å². The van der Waals surface area contributed by atoms with Gasteiger partial charge in [-0.2, -0.15) is 0 Å². The zero-order valence-corrected chi connectivity index (χ0v) is 21.8. The van der Waals surface area contributed by atoms with E-state index in [-0.39, 0.29) is 34.6 Å². The molecule has 7 nitrogen and oxygen atoms in total. The topological polar surface area (TPSA) is 101 Å². The van der Waals surface area contributed by atoms with Gasteiger partial charge < -0.3 is 5.32 Å². The van der Waals surface area contributed by atoms with E-state index < -0.39 is 10.0 Å². The van der Waals surface area contributed by atoms with Crippen LogP contribution >= 0.6 is 0 Å². The first kappa shape index (κ1) is 25.9. The maximum absolute atomic E-state index is 13.2. The molecule has 196 valence electrons. The van der Waals surface area contributed by atoms with Gasteiger partial charge in [-0.3, -0.25) is 9.78 Å². The van der Waals surface area contributed by atoms with Gasteiger partial charge in [-0.1, -0.05) is 18.2 Å². The highest BCUT2D eigenvalue weighted by atomic mass is 32.2. The Hall–Kier alpha value is -3.69. The van der Waals surface area contributed by atoms with E-state index in [2.05, 4.69) is 20.0 Å². The monoisotopic (exact) mass is 532 g/mol. The number of aromatic nitrogens is 2. The Morgan fingerprint density at radius 2 is 1.66 bits per heavy atom. The van der Waals surface area contributed by atoms with E-state index in [4.69, 9.17) is 0 Å². The normalized spacial score (nSPS) is 18.7. The third-order valence-corrected chi connectivity index (χ3v) is 8.61. The predicted octanol–water partition coefficient (Wildman–Crippen LogP) is 5.15. The molecule has 5 rings (SSSR count). The van der Waals surface area contributed by atoms with Gasteiger partial charge in [0.1, 0.15) is 5.82 Å². The lowest BCUT2D eigenvalue weighted by molar-refractivity contribution is -0.126. The fraction of sp³-hybridized carbons (Fsp3) is 0.276. The molecule has 0 spiro atoms. The van der Waals surface area contributed by atoms with Crippen LogP contribution in [0.5, 0.6) is 0 Å². The average Bonchev–Trinajstić information content (AvgIpc) is 2.93. The van der Waals surface area contributed by atoms with Crippen LogP contribution in [-0.4, -0.2) is 30.3 Å². The summed E-state index contributed by atoms with van der Waals surface area (Å²) in [5, 5.41) is 3.73. The van der Waals surface area contributed by atoms with Crippen molar-refractivity contribution in [2.24, 2.45) is 5.92 Å². The molecule has 0 aliphatic heterocycles. The molecule has 1 aliphatic carbocycles. The highest BCUT2D eigenvalue weighted by Gasteiger charge is 2.30. The van der Waals surface area contributed by atoms with Gasteiger partial charge in [0.05, 0.1) is 22.1 Å². The minimum Gasteiger partial charge on any atom is -0.349 e. The Labute approximate surface area is 221 Å². The molecule has 0 radical (unpaired) electrons.